The number of aliphatic imine (C=N–C) groups is 1. The van der Waals surface area contributed by atoms with E-state index in [0.717, 1.165) is 0 Å². The molecular weight excluding hydrogens is 322 g/mol. The fraction of sp³-hybridized carbons (Fsp3) is 0.235. The Morgan fingerprint density at radius 3 is 2.52 bits per heavy atom. The van der Waals surface area contributed by atoms with Gasteiger partial charge in [0.05, 0.1) is 12.7 Å². The molecule has 1 heterocycles. The molecule has 1 aromatic carbocycles. The van der Waals surface area contributed by atoms with Gasteiger partial charge in [0, 0.05) is 25.2 Å². The summed E-state index contributed by atoms with van der Waals surface area (Å²) in [4.78, 5) is 32.8. The number of benzene rings is 1. The first-order chi connectivity index (χ1) is 11.7. The predicted octanol–water partition coefficient (Wildman–Crippen LogP) is 1.09. The Hall–Kier alpha value is -3.29. The molecule has 0 aliphatic heterocycles. The molecule has 1 aromatic heterocycles. The Labute approximate surface area is 144 Å². The highest BCUT2D eigenvalue weighted by Gasteiger charge is 2.17. The number of carbonyl (C=O) groups excluding carboxylic acids is 1. The summed E-state index contributed by atoms with van der Waals surface area (Å²) in [6, 6.07) is 4.78. The van der Waals surface area contributed by atoms with Gasteiger partial charge in [-0.1, -0.05) is 0 Å². The minimum atomic E-state index is -0.382. The normalized spacial score (nSPS) is 12.3. The molecule has 0 bridgehead atoms. The van der Waals surface area contributed by atoms with E-state index in [1.165, 1.54) is 24.2 Å². The first kappa shape index (κ1) is 18.1. The Balaban J connectivity index is 2.66. The number of nitrogens with one attached hydrogen (secondary N) is 1. The lowest BCUT2D eigenvalue weighted by Crippen LogP contribution is -2.22. The van der Waals surface area contributed by atoms with Crippen LogP contribution in [0.3, 0.4) is 0 Å². The van der Waals surface area contributed by atoms with Gasteiger partial charge >= 0.3 is 0 Å². The molecule has 0 saturated carbocycles. The summed E-state index contributed by atoms with van der Waals surface area (Å²) in [5.74, 6) is 0.563. The van der Waals surface area contributed by atoms with Gasteiger partial charge in [-0.15, -0.1) is 0 Å². The first-order valence-corrected chi connectivity index (χ1v) is 7.47. The van der Waals surface area contributed by atoms with Gasteiger partial charge in [0.25, 0.3) is 11.5 Å². The highest BCUT2D eigenvalue weighted by Crippen LogP contribution is 2.26. The van der Waals surface area contributed by atoms with Gasteiger partial charge in [0.1, 0.15) is 17.4 Å². The topological polar surface area (TPSA) is 127 Å². The van der Waals surface area contributed by atoms with E-state index in [-0.39, 0.29) is 23.1 Å². The number of hydrogen-bond donors (Lipinski definition) is 3. The average molecular weight is 343 g/mol. The van der Waals surface area contributed by atoms with Gasteiger partial charge in [-0.2, -0.15) is 0 Å². The number of amides is 1. The molecule has 2 rings (SSSR count). The zero-order chi connectivity index (χ0) is 18.7. The predicted molar refractivity (Wildman–Crippen MR) is 98.4 cm³/mol. The fourth-order valence-corrected chi connectivity index (χ4v) is 2.32. The van der Waals surface area contributed by atoms with Gasteiger partial charge in [0.15, 0.2) is 0 Å². The zero-order valence-electron chi connectivity index (χ0n) is 14.6. The quantitative estimate of drug-likeness (QED) is 0.566. The molecule has 2 aromatic rings. The van der Waals surface area contributed by atoms with Crippen LogP contribution < -0.4 is 21.8 Å². The average Bonchev–Trinajstić information content (AvgIpc) is 2.52. The van der Waals surface area contributed by atoms with E-state index < -0.39 is 0 Å². The summed E-state index contributed by atoms with van der Waals surface area (Å²) in [7, 11) is 4.72. The number of nitrogens with two attached hydrogens (primary N) is 2. The number of hydrogen-bond acceptors (Lipinski definition) is 5. The minimum Gasteiger partial charge on any atom is -0.496 e. The van der Waals surface area contributed by atoms with Crippen LogP contribution in [0.25, 0.3) is 10.8 Å². The van der Waals surface area contributed by atoms with Crippen LogP contribution in [-0.4, -0.2) is 42.8 Å². The van der Waals surface area contributed by atoms with Crippen LogP contribution in [-0.2, 0) is 0 Å². The summed E-state index contributed by atoms with van der Waals surface area (Å²) in [5, 5.41) is 0.935. The third-order valence-electron chi connectivity index (χ3n) is 3.41. The fourth-order valence-electron chi connectivity index (χ4n) is 2.32. The van der Waals surface area contributed by atoms with E-state index in [1.54, 1.807) is 33.2 Å². The van der Waals surface area contributed by atoms with Crippen molar-refractivity contribution in [1.29, 1.82) is 0 Å². The van der Waals surface area contributed by atoms with Crippen LogP contribution in [0.2, 0.25) is 0 Å². The highest BCUT2D eigenvalue weighted by atomic mass is 16.5. The van der Waals surface area contributed by atoms with Crippen LogP contribution in [0.4, 0.5) is 5.82 Å². The molecule has 132 valence electrons. The van der Waals surface area contributed by atoms with Crippen molar-refractivity contribution in [2.24, 2.45) is 16.5 Å². The van der Waals surface area contributed by atoms with Crippen molar-refractivity contribution in [3.63, 3.8) is 0 Å². The molecule has 0 saturated heterocycles. The van der Waals surface area contributed by atoms with Gasteiger partial charge in [-0.05, 0) is 36.6 Å². The van der Waals surface area contributed by atoms with Crippen LogP contribution in [0.5, 0.6) is 5.75 Å². The smallest absolute Gasteiger partial charge is 0.257 e. The van der Waals surface area contributed by atoms with Crippen LogP contribution in [0.1, 0.15) is 17.3 Å². The maximum absolute atomic E-state index is 12.4. The molecule has 5 N–H and O–H groups in total. The lowest BCUT2D eigenvalue weighted by atomic mass is 10.1. The zero-order valence-corrected chi connectivity index (χ0v) is 14.6. The van der Waals surface area contributed by atoms with E-state index in [4.69, 9.17) is 16.2 Å². The van der Waals surface area contributed by atoms with E-state index >= 15 is 0 Å². The van der Waals surface area contributed by atoms with Crippen molar-refractivity contribution in [2.45, 2.75) is 6.92 Å². The molecule has 0 spiro atoms. The lowest BCUT2D eigenvalue weighted by molar-refractivity contribution is 0.0824. The Kier molecular flexibility index (Phi) is 5.11. The summed E-state index contributed by atoms with van der Waals surface area (Å²) in [5.41, 5.74) is 11.7. The van der Waals surface area contributed by atoms with E-state index in [0.29, 0.717) is 27.8 Å². The first-order valence-electron chi connectivity index (χ1n) is 7.47. The van der Waals surface area contributed by atoms with E-state index in [2.05, 4.69) is 9.98 Å². The molecule has 8 nitrogen and oxygen atoms in total. The number of aromatic amines is 1. The van der Waals surface area contributed by atoms with Crippen LogP contribution in [0.15, 0.2) is 39.8 Å². The maximum Gasteiger partial charge on any atom is 0.257 e. The van der Waals surface area contributed by atoms with Gasteiger partial charge in [-0.3, -0.25) is 9.59 Å². The number of ether oxygens (including phenoxy) is 1. The molecule has 0 aliphatic rings. The minimum absolute atomic E-state index is 0.168. The van der Waals surface area contributed by atoms with E-state index in [1.807, 2.05) is 0 Å². The lowest BCUT2D eigenvalue weighted by Gasteiger charge is -2.14. The second-order valence-corrected chi connectivity index (χ2v) is 5.75. The van der Waals surface area contributed by atoms with Crippen LogP contribution >= 0.6 is 0 Å². The summed E-state index contributed by atoms with van der Waals surface area (Å²) >= 11 is 0. The number of allylic oxidation sites excluding steroid dienone is 1. The van der Waals surface area contributed by atoms with Crippen LogP contribution in [0, 0.1) is 0 Å². The number of rotatable bonds is 4. The highest BCUT2D eigenvalue weighted by molar-refractivity contribution is 6.01. The molecule has 25 heavy (non-hydrogen) atoms. The number of nitrogens with zero attached hydrogens (tertiary/aromatic N) is 2. The number of pyridine rings is 1. The summed E-state index contributed by atoms with van der Waals surface area (Å²) in [6.45, 7) is 1.68. The Bertz CT molecular complexity index is 937. The van der Waals surface area contributed by atoms with Crippen molar-refractivity contribution >= 4 is 28.3 Å². The second kappa shape index (κ2) is 7.08. The SMILES string of the molecule is COc1cc2cc(/N=C(N)\C=C(\C)N)[nH]c(=O)c2cc1C(=O)N(C)C. The molecule has 0 unspecified atom stereocenters. The second-order valence-electron chi connectivity index (χ2n) is 5.75. The third kappa shape index (κ3) is 3.97. The standard InChI is InChI=1S/C17H21N5O3/c1-9(18)5-14(19)20-15-7-10-6-13(25-4)12(17(24)22(2)3)8-11(10)16(23)21-15/h5-8H,18H2,1-4H3,(H3,19,20,21,23)/b9-5-. The van der Waals surface area contributed by atoms with Crippen molar-refractivity contribution in [3.05, 3.63) is 45.9 Å². The van der Waals surface area contributed by atoms with Crippen molar-refractivity contribution in [3.8, 4) is 5.75 Å². The molecule has 1 amide bonds. The van der Waals surface area contributed by atoms with Crippen molar-refractivity contribution < 1.29 is 9.53 Å². The number of carbonyl (C=O) groups is 1. The van der Waals surface area contributed by atoms with Crippen molar-refractivity contribution in [1.82, 2.24) is 9.88 Å². The molecule has 0 radical (unpaired) electrons. The Morgan fingerprint density at radius 1 is 1.28 bits per heavy atom. The largest absolute Gasteiger partial charge is 0.496 e. The Morgan fingerprint density at radius 2 is 1.96 bits per heavy atom. The molecule has 0 aliphatic carbocycles. The van der Waals surface area contributed by atoms with Gasteiger partial charge < -0.3 is 26.1 Å². The van der Waals surface area contributed by atoms with Gasteiger partial charge in [-0.25, -0.2) is 4.99 Å². The number of H-pyrrole nitrogens is 1. The molecule has 8 heteroatoms. The van der Waals surface area contributed by atoms with Crippen molar-refractivity contribution in [2.75, 3.05) is 21.2 Å². The number of fused-ring (bicyclic) bond motifs is 1. The number of methoxy groups -OCH3 is 1. The summed E-state index contributed by atoms with van der Waals surface area (Å²) < 4.78 is 5.29. The van der Waals surface area contributed by atoms with Gasteiger partial charge in [0.2, 0.25) is 0 Å². The third-order valence-corrected chi connectivity index (χ3v) is 3.41. The maximum atomic E-state index is 12.4. The molecule has 0 fully saturated rings. The molecular formula is C17H21N5O3. The number of amidine groups is 1. The monoisotopic (exact) mass is 343 g/mol. The number of aromatic nitrogens is 1. The van der Waals surface area contributed by atoms with E-state index in [9.17, 15) is 9.59 Å². The molecule has 0 atom stereocenters. The summed E-state index contributed by atoms with van der Waals surface area (Å²) in [6.07, 6.45) is 1.49.